The molecule has 0 aliphatic heterocycles. The second-order valence-corrected chi connectivity index (χ2v) is 6.01. The Labute approximate surface area is 147 Å². The highest BCUT2D eigenvalue weighted by molar-refractivity contribution is 5.74. The lowest BCUT2D eigenvalue weighted by Crippen LogP contribution is -2.44. The van der Waals surface area contributed by atoms with Crippen molar-refractivity contribution in [2.45, 2.75) is 38.8 Å². The summed E-state index contributed by atoms with van der Waals surface area (Å²) in [5, 5.41) is 5.93. The van der Waals surface area contributed by atoms with Gasteiger partial charge in [-0.15, -0.1) is 0 Å². The molecule has 1 aliphatic rings. The molecule has 1 unspecified atom stereocenters. The molecule has 7 heteroatoms. The molecule has 1 aromatic carbocycles. The molecular weight excluding hydrogens is 320 g/mol. The van der Waals surface area contributed by atoms with Crippen LogP contribution in [0.5, 0.6) is 11.5 Å². The molecule has 25 heavy (non-hydrogen) atoms. The largest absolute Gasteiger partial charge is 0.493 e. The Morgan fingerprint density at radius 2 is 2.28 bits per heavy atom. The van der Waals surface area contributed by atoms with Crippen LogP contribution in [-0.2, 0) is 19.4 Å². The van der Waals surface area contributed by atoms with Crippen molar-refractivity contribution in [3.05, 3.63) is 41.5 Å². The molecular formula is C18H24N4O3. The Morgan fingerprint density at radius 3 is 3.08 bits per heavy atom. The zero-order valence-corrected chi connectivity index (χ0v) is 14.6. The summed E-state index contributed by atoms with van der Waals surface area (Å²) in [5.41, 5.74) is 3.19. The molecule has 1 aromatic heterocycles. The smallest absolute Gasteiger partial charge is 0.315 e. The van der Waals surface area contributed by atoms with Gasteiger partial charge in [-0.3, -0.25) is 0 Å². The number of H-pyrrole nitrogens is 1. The van der Waals surface area contributed by atoms with Crippen LogP contribution < -0.4 is 20.1 Å². The number of aryl methyl sites for hydroxylation is 1. The first-order chi connectivity index (χ1) is 12.2. The quantitative estimate of drug-likeness (QED) is 0.749. The first-order valence-corrected chi connectivity index (χ1v) is 8.54. The summed E-state index contributed by atoms with van der Waals surface area (Å²) in [6.45, 7) is 2.91. The minimum Gasteiger partial charge on any atom is -0.493 e. The van der Waals surface area contributed by atoms with Crippen molar-refractivity contribution in [1.82, 2.24) is 20.6 Å². The lowest BCUT2D eigenvalue weighted by molar-refractivity contribution is 0.235. The van der Waals surface area contributed by atoms with Crippen molar-refractivity contribution in [3.8, 4) is 11.5 Å². The van der Waals surface area contributed by atoms with Crippen molar-refractivity contribution >= 4 is 6.03 Å². The van der Waals surface area contributed by atoms with Gasteiger partial charge >= 0.3 is 6.03 Å². The van der Waals surface area contributed by atoms with Gasteiger partial charge in [-0.05, 0) is 37.5 Å². The van der Waals surface area contributed by atoms with Gasteiger partial charge in [0, 0.05) is 24.7 Å². The van der Waals surface area contributed by atoms with E-state index in [0.29, 0.717) is 24.7 Å². The van der Waals surface area contributed by atoms with Gasteiger partial charge in [-0.1, -0.05) is 6.07 Å². The number of carbonyl (C=O) groups is 1. The maximum Gasteiger partial charge on any atom is 0.315 e. The molecule has 3 rings (SSSR count). The maximum atomic E-state index is 12.2. The van der Waals surface area contributed by atoms with Gasteiger partial charge in [0.05, 0.1) is 25.7 Å². The number of aromatic amines is 1. The molecule has 3 N–H and O–H groups in total. The van der Waals surface area contributed by atoms with E-state index in [1.54, 1.807) is 13.4 Å². The van der Waals surface area contributed by atoms with Crippen LogP contribution >= 0.6 is 0 Å². The molecule has 0 spiro atoms. The highest BCUT2D eigenvalue weighted by atomic mass is 16.5. The predicted molar refractivity (Wildman–Crippen MR) is 93.9 cm³/mol. The number of nitrogens with one attached hydrogen (secondary N) is 3. The number of urea groups is 1. The Morgan fingerprint density at radius 1 is 1.40 bits per heavy atom. The fraction of sp³-hybridized carbons (Fsp3) is 0.444. The summed E-state index contributed by atoms with van der Waals surface area (Å²) in [5.74, 6) is 1.37. The molecule has 7 nitrogen and oxygen atoms in total. The van der Waals surface area contributed by atoms with Crippen molar-refractivity contribution in [1.29, 1.82) is 0 Å². The van der Waals surface area contributed by atoms with E-state index >= 15 is 0 Å². The number of benzene rings is 1. The van der Waals surface area contributed by atoms with Crippen LogP contribution in [0.4, 0.5) is 4.79 Å². The molecule has 0 bridgehead atoms. The summed E-state index contributed by atoms with van der Waals surface area (Å²) >= 11 is 0. The Balaban J connectivity index is 1.51. The second-order valence-electron chi connectivity index (χ2n) is 6.01. The first-order valence-electron chi connectivity index (χ1n) is 8.54. The number of imidazole rings is 1. The number of aromatic nitrogens is 2. The second kappa shape index (κ2) is 7.92. The van der Waals surface area contributed by atoms with E-state index in [2.05, 4.69) is 20.6 Å². The van der Waals surface area contributed by atoms with Crippen LogP contribution in [0.2, 0.25) is 0 Å². The minimum atomic E-state index is -0.165. The van der Waals surface area contributed by atoms with Crippen LogP contribution in [0, 0.1) is 0 Å². The number of methoxy groups -OCH3 is 1. The number of rotatable bonds is 6. The highest BCUT2D eigenvalue weighted by Gasteiger charge is 2.21. The molecule has 0 fully saturated rings. The number of hydrogen-bond acceptors (Lipinski definition) is 4. The molecule has 2 aromatic rings. The summed E-state index contributed by atoms with van der Waals surface area (Å²) in [4.78, 5) is 19.6. The standard InChI is InChI=1S/C18H24N4O3/c1-3-25-17-8-12(4-7-16(17)24-2)10-19-18(23)22-13-5-6-14-15(9-13)21-11-20-14/h4,7-8,11,13H,3,5-6,9-10H2,1-2H3,(H,20,21)(H2,19,22,23). The summed E-state index contributed by atoms with van der Waals surface area (Å²) in [6.07, 6.45) is 4.30. The van der Waals surface area contributed by atoms with Crippen LogP contribution in [-0.4, -0.2) is 35.8 Å². The van der Waals surface area contributed by atoms with E-state index in [1.807, 2.05) is 25.1 Å². The number of fused-ring (bicyclic) bond motifs is 1. The molecule has 134 valence electrons. The monoisotopic (exact) mass is 344 g/mol. The van der Waals surface area contributed by atoms with Gasteiger partial charge in [0.1, 0.15) is 0 Å². The zero-order valence-electron chi connectivity index (χ0n) is 14.6. The summed E-state index contributed by atoms with van der Waals surface area (Å²) in [7, 11) is 1.61. The molecule has 1 heterocycles. The molecule has 1 aliphatic carbocycles. The van der Waals surface area contributed by atoms with Crippen molar-refractivity contribution in [2.75, 3.05) is 13.7 Å². The topological polar surface area (TPSA) is 88.3 Å². The molecule has 0 saturated carbocycles. The predicted octanol–water partition coefficient (Wildman–Crippen LogP) is 2.17. The molecule has 2 amide bonds. The number of ether oxygens (including phenoxy) is 2. The molecule has 1 atom stereocenters. The third-order valence-electron chi connectivity index (χ3n) is 4.30. The van der Waals surface area contributed by atoms with E-state index < -0.39 is 0 Å². The van der Waals surface area contributed by atoms with E-state index in [0.717, 1.165) is 36.2 Å². The Bertz CT molecular complexity index is 729. The van der Waals surface area contributed by atoms with Gasteiger partial charge in [0.25, 0.3) is 0 Å². The van der Waals surface area contributed by atoms with Gasteiger partial charge in [-0.2, -0.15) is 0 Å². The first kappa shape index (κ1) is 17.1. The van der Waals surface area contributed by atoms with E-state index in [1.165, 1.54) is 0 Å². The fourth-order valence-electron chi connectivity index (χ4n) is 3.04. The summed E-state index contributed by atoms with van der Waals surface area (Å²) < 4.78 is 10.8. The third kappa shape index (κ3) is 4.23. The number of hydrogen-bond donors (Lipinski definition) is 3. The average Bonchev–Trinajstić information content (AvgIpc) is 3.08. The van der Waals surface area contributed by atoms with Crippen LogP contribution in [0.25, 0.3) is 0 Å². The van der Waals surface area contributed by atoms with Gasteiger partial charge in [0.15, 0.2) is 11.5 Å². The van der Waals surface area contributed by atoms with Crippen molar-refractivity contribution in [2.24, 2.45) is 0 Å². The highest BCUT2D eigenvalue weighted by Crippen LogP contribution is 2.28. The minimum absolute atomic E-state index is 0.128. The zero-order chi connectivity index (χ0) is 17.6. The Hall–Kier alpha value is -2.70. The average molecular weight is 344 g/mol. The normalized spacial score (nSPS) is 16.0. The molecule has 0 radical (unpaired) electrons. The van der Waals surface area contributed by atoms with Gasteiger partial charge < -0.3 is 25.1 Å². The Kier molecular flexibility index (Phi) is 5.42. The lowest BCUT2D eigenvalue weighted by Gasteiger charge is -2.22. The SMILES string of the molecule is CCOc1cc(CNC(=O)NC2CCc3nc[nH]c3C2)ccc1OC. The maximum absolute atomic E-state index is 12.2. The third-order valence-corrected chi connectivity index (χ3v) is 4.30. The van der Waals surface area contributed by atoms with Crippen LogP contribution in [0.1, 0.15) is 30.3 Å². The number of carbonyl (C=O) groups excluding carboxylic acids is 1. The van der Waals surface area contributed by atoms with E-state index in [-0.39, 0.29) is 12.1 Å². The number of nitrogens with zero attached hydrogens (tertiary/aromatic N) is 1. The van der Waals surface area contributed by atoms with E-state index in [4.69, 9.17) is 9.47 Å². The number of amides is 2. The van der Waals surface area contributed by atoms with Gasteiger partial charge in [-0.25, -0.2) is 9.78 Å². The van der Waals surface area contributed by atoms with E-state index in [9.17, 15) is 4.79 Å². The molecule has 0 saturated heterocycles. The van der Waals surface area contributed by atoms with Crippen molar-refractivity contribution < 1.29 is 14.3 Å². The van der Waals surface area contributed by atoms with Crippen LogP contribution in [0.15, 0.2) is 24.5 Å². The summed E-state index contributed by atoms with van der Waals surface area (Å²) in [6, 6.07) is 5.62. The van der Waals surface area contributed by atoms with Crippen LogP contribution in [0.3, 0.4) is 0 Å². The van der Waals surface area contributed by atoms with Gasteiger partial charge in [0.2, 0.25) is 0 Å². The fourth-order valence-corrected chi connectivity index (χ4v) is 3.04. The lowest BCUT2D eigenvalue weighted by atomic mass is 9.96. The van der Waals surface area contributed by atoms with Crippen molar-refractivity contribution in [3.63, 3.8) is 0 Å².